The number of rotatable bonds is 4. The largest absolute Gasteiger partial charge is 0.382 e. The van der Waals surface area contributed by atoms with Gasteiger partial charge >= 0.3 is 0 Å². The Balaban J connectivity index is 1.51. The molecule has 1 saturated heterocycles. The number of aromatic nitrogens is 1. The van der Waals surface area contributed by atoms with Crippen molar-refractivity contribution in [3.63, 3.8) is 0 Å². The molecule has 0 N–H and O–H groups in total. The van der Waals surface area contributed by atoms with Crippen LogP contribution >= 0.6 is 0 Å². The van der Waals surface area contributed by atoms with Gasteiger partial charge in [-0.15, -0.1) is 0 Å². The minimum Gasteiger partial charge on any atom is -0.382 e. The topological polar surface area (TPSA) is 58.0 Å². The van der Waals surface area contributed by atoms with Crippen molar-refractivity contribution in [1.82, 2.24) is 14.8 Å². The van der Waals surface area contributed by atoms with Crippen molar-refractivity contribution in [2.45, 2.75) is 39.3 Å². The number of hydrogen-bond donors (Lipinski definition) is 0. The van der Waals surface area contributed by atoms with E-state index in [4.69, 9.17) is 4.84 Å². The minimum absolute atomic E-state index is 0.0811. The highest BCUT2D eigenvalue weighted by molar-refractivity contribution is 5.93. The lowest BCUT2D eigenvalue weighted by Gasteiger charge is -2.23. The molecule has 24 heavy (non-hydrogen) atoms. The van der Waals surface area contributed by atoms with E-state index in [1.807, 2.05) is 17.2 Å². The van der Waals surface area contributed by atoms with Crippen LogP contribution in [-0.2, 0) is 16.2 Å². The van der Waals surface area contributed by atoms with E-state index < -0.39 is 6.10 Å². The van der Waals surface area contributed by atoms with E-state index in [1.54, 1.807) is 6.20 Å². The quantitative estimate of drug-likeness (QED) is 0.846. The third-order valence-corrected chi connectivity index (χ3v) is 4.66. The smallest absolute Gasteiger partial charge is 0.266 e. The highest BCUT2D eigenvalue weighted by atomic mass is 16.6. The lowest BCUT2D eigenvalue weighted by atomic mass is 10.0. The molecule has 1 fully saturated rings. The second kappa shape index (κ2) is 7.75. The van der Waals surface area contributed by atoms with E-state index in [-0.39, 0.29) is 5.91 Å². The number of hydrogen-bond acceptors (Lipinski definition) is 5. The van der Waals surface area contributed by atoms with Crippen molar-refractivity contribution < 1.29 is 9.63 Å². The van der Waals surface area contributed by atoms with E-state index in [2.05, 4.69) is 35.0 Å². The van der Waals surface area contributed by atoms with E-state index in [1.165, 1.54) is 5.56 Å². The van der Waals surface area contributed by atoms with Gasteiger partial charge in [-0.05, 0) is 24.0 Å². The van der Waals surface area contributed by atoms with E-state index in [0.717, 1.165) is 44.9 Å². The highest BCUT2D eigenvalue weighted by Gasteiger charge is 2.33. The molecule has 3 heterocycles. The van der Waals surface area contributed by atoms with Crippen LogP contribution < -0.4 is 0 Å². The summed E-state index contributed by atoms with van der Waals surface area (Å²) >= 11 is 0. The summed E-state index contributed by atoms with van der Waals surface area (Å²) in [5.41, 5.74) is 2.20. The molecule has 0 spiro atoms. The van der Waals surface area contributed by atoms with Crippen molar-refractivity contribution in [2.24, 2.45) is 11.1 Å². The van der Waals surface area contributed by atoms with Crippen LogP contribution in [0, 0.1) is 5.92 Å². The predicted octanol–water partition coefficient (Wildman–Crippen LogP) is 1.92. The molecule has 6 nitrogen and oxygen atoms in total. The van der Waals surface area contributed by atoms with Gasteiger partial charge in [-0.1, -0.05) is 25.1 Å². The lowest BCUT2D eigenvalue weighted by molar-refractivity contribution is -0.141. The number of oxime groups is 1. The molecule has 0 bridgehead atoms. The zero-order valence-electron chi connectivity index (χ0n) is 14.5. The maximum absolute atomic E-state index is 12.7. The van der Waals surface area contributed by atoms with Crippen LogP contribution in [0.5, 0.6) is 0 Å². The molecular weight excluding hydrogens is 304 g/mol. The fourth-order valence-electron chi connectivity index (χ4n) is 3.17. The molecule has 2 aliphatic heterocycles. The van der Waals surface area contributed by atoms with Crippen LogP contribution in [0.1, 0.15) is 32.3 Å². The second-order valence-corrected chi connectivity index (χ2v) is 6.85. The van der Waals surface area contributed by atoms with Gasteiger partial charge in [-0.25, -0.2) is 0 Å². The van der Waals surface area contributed by atoms with Crippen molar-refractivity contribution >= 4 is 11.6 Å². The van der Waals surface area contributed by atoms with Gasteiger partial charge < -0.3 is 9.74 Å². The lowest BCUT2D eigenvalue weighted by Crippen LogP contribution is -2.41. The van der Waals surface area contributed by atoms with Crippen LogP contribution in [0.15, 0.2) is 29.7 Å². The molecular formula is C18H26N4O2. The first-order chi connectivity index (χ1) is 11.6. The first kappa shape index (κ1) is 16.9. The zero-order chi connectivity index (χ0) is 16.9. The zero-order valence-corrected chi connectivity index (χ0v) is 14.5. The molecule has 3 rings (SSSR count). The first-order valence-corrected chi connectivity index (χ1v) is 8.76. The van der Waals surface area contributed by atoms with E-state index in [0.29, 0.717) is 12.3 Å². The average molecular weight is 330 g/mol. The highest BCUT2D eigenvalue weighted by Crippen LogP contribution is 2.19. The Morgan fingerprint density at radius 2 is 2.21 bits per heavy atom. The molecule has 0 aliphatic carbocycles. The number of pyridine rings is 1. The maximum atomic E-state index is 12.7. The van der Waals surface area contributed by atoms with Gasteiger partial charge in [-0.3, -0.25) is 14.7 Å². The fourth-order valence-corrected chi connectivity index (χ4v) is 3.17. The molecule has 2 aliphatic rings. The molecule has 0 radical (unpaired) electrons. The number of amides is 1. The van der Waals surface area contributed by atoms with Crippen LogP contribution in [0.4, 0.5) is 0 Å². The van der Waals surface area contributed by atoms with Gasteiger partial charge in [0.2, 0.25) is 6.10 Å². The maximum Gasteiger partial charge on any atom is 0.266 e. The Bertz CT molecular complexity index is 588. The number of carbonyl (C=O) groups excluding carboxylic acids is 1. The average Bonchev–Trinajstić information content (AvgIpc) is 2.97. The monoisotopic (exact) mass is 330 g/mol. The number of nitrogens with zero attached hydrogens (tertiary/aromatic N) is 4. The third-order valence-electron chi connectivity index (χ3n) is 4.66. The molecule has 1 aromatic heterocycles. The van der Waals surface area contributed by atoms with Crippen LogP contribution in [0.25, 0.3) is 0 Å². The summed E-state index contributed by atoms with van der Waals surface area (Å²) in [7, 11) is 0. The molecule has 1 atom stereocenters. The summed E-state index contributed by atoms with van der Waals surface area (Å²) in [5.74, 6) is 0.416. The Morgan fingerprint density at radius 3 is 2.92 bits per heavy atom. The molecule has 0 saturated carbocycles. The predicted molar refractivity (Wildman–Crippen MR) is 92.5 cm³/mol. The van der Waals surface area contributed by atoms with Crippen LogP contribution in [0.3, 0.4) is 0 Å². The van der Waals surface area contributed by atoms with Gasteiger partial charge in [0, 0.05) is 51.5 Å². The SMILES string of the molecule is CC(C)C1=NO[C@H](C(=O)N2CCCN(Cc3cccnc3)CC2)C1. The van der Waals surface area contributed by atoms with Gasteiger partial charge in [0.1, 0.15) is 0 Å². The summed E-state index contributed by atoms with van der Waals surface area (Å²) in [5, 5.41) is 4.08. The van der Waals surface area contributed by atoms with Crippen molar-refractivity contribution in [1.29, 1.82) is 0 Å². The normalized spacial score (nSPS) is 22.2. The first-order valence-electron chi connectivity index (χ1n) is 8.76. The van der Waals surface area contributed by atoms with Crippen molar-refractivity contribution in [3.8, 4) is 0 Å². The van der Waals surface area contributed by atoms with Gasteiger partial charge in [-0.2, -0.15) is 0 Å². The molecule has 6 heteroatoms. The van der Waals surface area contributed by atoms with Crippen molar-refractivity contribution in [3.05, 3.63) is 30.1 Å². The molecule has 1 aromatic rings. The van der Waals surface area contributed by atoms with Gasteiger partial charge in [0.05, 0.1) is 5.71 Å². The minimum atomic E-state index is -0.424. The standard InChI is InChI=1S/C18H26N4O2/c1-14(2)16-11-17(24-20-16)18(23)22-8-4-7-21(9-10-22)13-15-5-3-6-19-12-15/h3,5-6,12,14,17H,4,7-11,13H2,1-2H3/t17-/m0/s1. The molecule has 0 aromatic carbocycles. The van der Waals surface area contributed by atoms with Gasteiger partial charge in [0.25, 0.3) is 5.91 Å². The summed E-state index contributed by atoms with van der Waals surface area (Å²) in [6.45, 7) is 8.46. The Hall–Kier alpha value is -1.95. The molecule has 0 unspecified atom stereocenters. The molecule has 130 valence electrons. The summed E-state index contributed by atoms with van der Waals surface area (Å²) in [6.07, 6.45) is 4.89. The Labute approximate surface area is 143 Å². The summed E-state index contributed by atoms with van der Waals surface area (Å²) in [4.78, 5) is 26.6. The Kier molecular flexibility index (Phi) is 5.45. The fraction of sp³-hybridized carbons (Fsp3) is 0.611. The van der Waals surface area contributed by atoms with Gasteiger partial charge in [0.15, 0.2) is 0 Å². The number of carbonyl (C=O) groups is 1. The Morgan fingerprint density at radius 1 is 1.33 bits per heavy atom. The summed E-state index contributed by atoms with van der Waals surface area (Å²) < 4.78 is 0. The van der Waals surface area contributed by atoms with Crippen molar-refractivity contribution in [2.75, 3.05) is 26.2 Å². The summed E-state index contributed by atoms with van der Waals surface area (Å²) in [6, 6.07) is 4.06. The molecule has 1 amide bonds. The third kappa shape index (κ3) is 4.12. The second-order valence-electron chi connectivity index (χ2n) is 6.85. The van der Waals surface area contributed by atoms with E-state index >= 15 is 0 Å². The van der Waals surface area contributed by atoms with Crippen LogP contribution in [-0.4, -0.2) is 58.7 Å². The van der Waals surface area contributed by atoms with Crippen LogP contribution in [0.2, 0.25) is 0 Å². The van der Waals surface area contributed by atoms with E-state index in [9.17, 15) is 4.79 Å².